The maximum absolute atomic E-state index is 10.7. The molecule has 150 valence electrons. The van der Waals surface area contributed by atoms with Crippen molar-refractivity contribution >= 4 is 30.9 Å². The van der Waals surface area contributed by atoms with Gasteiger partial charge in [-0.25, -0.2) is 24.3 Å². The van der Waals surface area contributed by atoms with Crippen LogP contribution in [0, 0.1) is 0 Å². The normalized spacial score (nSPS) is 25.2. The van der Waals surface area contributed by atoms with Crippen LogP contribution in [0.15, 0.2) is 12.7 Å². The molecular weight excluding hydrogens is 391 g/mol. The number of nitrogens with zero attached hydrogens (tertiary/aromatic N) is 4. The number of imidazole rings is 1. The van der Waals surface area contributed by atoms with Gasteiger partial charge in [-0.15, -0.1) is 0 Å². The van der Waals surface area contributed by atoms with Gasteiger partial charge in [0.2, 0.25) is 0 Å². The van der Waals surface area contributed by atoms with Crippen LogP contribution in [0.5, 0.6) is 0 Å². The van der Waals surface area contributed by atoms with Gasteiger partial charge in [0.25, 0.3) is 0 Å². The smallest absolute Gasteiger partial charge is 0.465 e. The Morgan fingerprint density at radius 3 is 2.52 bits per heavy atom. The first-order valence-electron chi connectivity index (χ1n) is 7.14. The van der Waals surface area contributed by atoms with Gasteiger partial charge in [-0.05, 0) is 0 Å². The van der Waals surface area contributed by atoms with Gasteiger partial charge < -0.3 is 41.3 Å². The lowest BCUT2D eigenvalue weighted by Gasteiger charge is -2.16. The largest absolute Gasteiger partial charge is 0.469 e. The second-order valence-electron chi connectivity index (χ2n) is 5.25. The summed E-state index contributed by atoms with van der Waals surface area (Å²) in [6.07, 6.45) is -3.82. The number of ether oxygens (including phenoxy) is 1. The molecule has 1 saturated heterocycles. The van der Waals surface area contributed by atoms with E-state index < -0.39 is 45.1 Å². The second-order valence-corrected chi connectivity index (χ2v) is 6.49. The third-order valence-corrected chi connectivity index (χ3v) is 3.89. The molecule has 0 bridgehead atoms. The third-order valence-electron chi connectivity index (χ3n) is 3.41. The number of anilines is 1. The van der Waals surface area contributed by atoms with Crippen LogP contribution in [0.4, 0.5) is 10.6 Å². The maximum Gasteiger partial charge on any atom is 0.469 e. The average Bonchev–Trinajstić information content (AvgIpc) is 3.08. The summed E-state index contributed by atoms with van der Waals surface area (Å²) in [6.45, 7) is -0.594. The van der Waals surface area contributed by atoms with Gasteiger partial charge in [0.1, 0.15) is 30.2 Å². The Hall–Kier alpha value is -2.39. The first kappa shape index (κ1) is 20.9. The van der Waals surface area contributed by atoms with Crippen LogP contribution in [-0.2, 0) is 13.8 Å². The minimum Gasteiger partial charge on any atom is -0.465 e. The number of fused-ring (bicyclic) bond motifs is 1. The molecule has 2 aromatic rings. The number of primary amides is 1. The Bertz CT molecular complexity index is 852. The van der Waals surface area contributed by atoms with Crippen LogP contribution in [-0.4, -0.2) is 75.6 Å². The summed E-state index contributed by atoms with van der Waals surface area (Å²) in [4.78, 5) is 38.0. The van der Waals surface area contributed by atoms with Crippen LogP contribution >= 0.6 is 7.82 Å². The molecule has 0 radical (unpaired) electrons. The zero-order valence-electron chi connectivity index (χ0n) is 13.4. The number of aromatic nitrogens is 4. The van der Waals surface area contributed by atoms with E-state index in [1.54, 1.807) is 0 Å². The fourth-order valence-electron chi connectivity index (χ4n) is 2.32. The first-order chi connectivity index (χ1) is 12.5. The van der Waals surface area contributed by atoms with E-state index in [4.69, 9.17) is 30.2 Å². The number of hydrogen-bond acceptors (Lipinski definition) is 10. The lowest BCUT2D eigenvalue weighted by molar-refractivity contribution is -0.0504. The average molecular weight is 408 g/mol. The van der Waals surface area contributed by atoms with Gasteiger partial charge in [0, 0.05) is 0 Å². The molecule has 0 spiro atoms. The molecule has 3 heterocycles. The number of aliphatic hydroxyl groups excluding tert-OH is 2. The molecule has 15 nitrogen and oxygen atoms in total. The van der Waals surface area contributed by atoms with E-state index in [1.807, 2.05) is 0 Å². The molecule has 3 rings (SSSR count). The van der Waals surface area contributed by atoms with E-state index in [-0.39, 0.29) is 11.5 Å². The Morgan fingerprint density at radius 2 is 1.93 bits per heavy atom. The molecule has 0 aliphatic carbocycles. The van der Waals surface area contributed by atoms with Crippen molar-refractivity contribution in [2.24, 2.45) is 5.73 Å². The predicted molar refractivity (Wildman–Crippen MR) is 85.9 cm³/mol. The quantitative estimate of drug-likeness (QED) is 0.265. The minimum absolute atomic E-state index is 0.142. The van der Waals surface area contributed by atoms with Crippen LogP contribution in [0.1, 0.15) is 6.23 Å². The summed E-state index contributed by atoms with van der Waals surface area (Å²) >= 11 is 0. The topological polar surface area (TPSA) is 249 Å². The van der Waals surface area contributed by atoms with Crippen molar-refractivity contribution in [3.8, 4) is 0 Å². The summed E-state index contributed by atoms with van der Waals surface area (Å²) in [5.74, 6) is 0.142. The number of carboxylic acid groups (broad SMARTS) is 1. The summed E-state index contributed by atoms with van der Waals surface area (Å²) in [7, 11) is -4.72. The molecule has 1 aliphatic heterocycles. The van der Waals surface area contributed by atoms with Gasteiger partial charge in [-0.2, -0.15) is 0 Å². The monoisotopic (exact) mass is 408 g/mol. The fourth-order valence-corrected chi connectivity index (χ4v) is 2.66. The standard InChI is InChI=1S/C10H14N5O7P.CH3NO2/c11-8-5-9(13-2-12-8)15(3-14-5)10-7(17)6(16)4(22-10)1-21-23(18,19)20;2-1(3)4/h2-4,6-7,10,16-17H,1H2,(H2,11,12,13)(H2,18,19,20);2H2,(H,3,4)/t4-,6-,7-,10-;/m1./s1. The first-order valence-corrected chi connectivity index (χ1v) is 8.67. The molecule has 16 heteroatoms. The summed E-state index contributed by atoms with van der Waals surface area (Å²) in [6, 6.07) is 0. The molecule has 0 saturated carbocycles. The van der Waals surface area contributed by atoms with Gasteiger partial charge >= 0.3 is 13.9 Å². The number of amides is 1. The van der Waals surface area contributed by atoms with Crippen molar-refractivity contribution in [2.75, 3.05) is 12.3 Å². The molecule has 2 aromatic heterocycles. The molecular formula is C11H17N6O9P. The van der Waals surface area contributed by atoms with Gasteiger partial charge in [0.05, 0.1) is 12.9 Å². The van der Waals surface area contributed by atoms with Crippen LogP contribution in [0.25, 0.3) is 11.2 Å². The van der Waals surface area contributed by atoms with E-state index in [0.717, 1.165) is 0 Å². The van der Waals surface area contributed by atoms with E-state index in [2.05, 4.69) is 25.2 Å². The van der Waals surface area contributed by atoms with Crippen LogP contribution < -0.4 is 11.5 Å². The van der Waals surface area contributed by atoms with Crippen molar-refractivity contribution in [3.05, 3.63) is 12.7 Å². The zero-order chi connectivity index (χ0) is 20.4. The maximum atomic E-state index is 10.7. The summed E-state index contributed by atoms with van der Waals surface area (Å²) < 4.78 is 21.8. The Balaban J connectivity index is 0.000000596. The Morgan fingerprint density at radius 1 is 1.30 bits per heavy atom. The highest BCUT2D eigenvalue weighted by Gasteiger charge is 2.45. The number of phosphoric ester groups is 1. The number of phosphoric acid groups is 1. The molecule has 9 N–H and O–H groups in total. The zero-order valence-corrected chi connectivity index (χ0v) is 14.3. The number of nitrogen functional groups attached to an aromatic ring is 1. The highest BCUT2D eigenvalue weighted by molar-refractivity contribution is 7.46. The van der Waals surface area contributed by atoms with E-state index >= 15 is 0 Å². The Kier molecular flexibility index (Phi) is 6.27. The van der Waals surface area contributed by atoms with Crippen LogP contribution in [0.3, 0.4) is 0 Å². The van der Waals surface area contributed by atoms with Crippen molar-refractivity contribution in [3.63, 3.8) is 0 Å². The predicted octanol–water partition coefficient (Wildman–Crippen LogP) is -2.24. The van der Waals surface area contributed by atoms with E-state index in [0.29, 0.717) is 5.52 Å². The lowest BCUT2D eigenvalue weighted by Crippen LogP contribution is -2.33. The Labute approximate surface area is 150 Å². The van der Waals surface area contributed by atoms with Crippen molar-refractivity contribution < 1.29 is 43.7 Å². The third kappa shape index (κ3) is 5.08. The molecule has 4 atom stereocenters. The number of aliphatic hydroxyl groups is 2. The van der Waals surface area contributed by atoms with Crippen molar-refractivity contribution in [1.82, 2.24) is 19.5 Å². The number of hydrogen-bond donors (Lipinski definition) is 7. The van der Waals surface area contributed by atoms with E-state index in [9.17, 15) is 14.8 Å². The number of rotatable bonds is 4. The minimum atomic E-state index is -4.72. The molecule has 1 aliphatic rings. The fraction of sp³-hybridized carbons (Fsp3) is 0.455. The van der Waals surface area contributed by atoms with Crippen LogP contribution in [0.2, 0.25) is 0 Å². The highest BCUT2D eigenvalue weighted by atomic mass is 31.2. The molecule has 27 heavy (non-hydrogen) atoms. The molecule has 0 unspecified atom stereocenters. The van der Waals surface area contributed by atoms with Gasteiger partial charge in [-0.3, -0.25) is 9.09 Å². The number of carbonyl (C=O) groups is 1. The SMILES string of the molecule is NC(=O)O.Nc1ncnc2c1ncn2[C@@H]1O[C@H](COP(=O)(O)O)[C@@H](O)[C@H]1O. The number of nitrogens with two attached hydrogens (primary N) is 2. The molecule has 1 amide bonds. The van der Waals surface area contributed by atoms with Crippen molar-refractivity contribution in [2.45, 2.75) is 24.5 Å². The summed E-state index contributed by atoms with van der Waals surface area (Å²) in [5.41, 5.74) is 10.3. The van der Waals surface area contributed by atoms with E-state index in [1.165, 1.54) is 17.2 Å². The van der Waals surface area contributed by atoms with Gasteiger partial charge in [0.15, 0.2) is 17.7 Å². The molecule has 1 fully saturated rings. The highest BCUT2D eigenvalue weighted by Crippen LogP contribution is 2.38. The molecule has 0 aromatic carbocycles. The van der Waals surface area contributed by atoms with Gasteiger partial charge in [-0.1, -0.05) is 0 Å². The lowest BCUT2D eigenvalue weighted by atomic mass is 10.1. The summed E-state index contributed by atoms with van der Waals surface area (Å²) in [5, 5.41) is 27.3. The second kappa shape index (κ2) is 8.10. The van der Waals surface area contributed by atoms with Crippen molar-refractivity contribution in [1.29, 1.82) is 0 Å².